The molecule has 0 bridgehead atoms. The van der Waals surface area contributed by atoms with Crippen LogP contribution in [0.5, 0.6) is 0 Å². The van der Waals surface area contributed by atoms with Crippen molar-refractivity contribution in [2.45, 2.75) is 32.6 Å². The second kappa shape index (κ2) is 6.17. The third-order valence-electron chi connectivity index (χ3n) is 2.52. The molecule has 0 aliphatic heterocycles. The molecule has 0 spiro atoms. The highest BCUT2D eigenvalue weighted by Gasteiger charge is 2.08. The van der Waals surface area contributed by atoms with E-state index in [2.05, 4.69) is 35.7 Å². The average molecular weight is 205 g/mol. The second-order valence-corrected chi connectivity index (χ2v) is 3.51. The van der Waals surface area contributed by atoms with Gasteiger partial charge in [0.25, 0.3) is 0 Å². The monoisotopic (exact) mass is 205 g/mol. The van der Waals surface area contributed by atoms with E-state index in [1.807, 2.05) is 12.1 Å². The Hall–Kier alpha value is -1.38. The van der Waals surface area contributed by atoms with Crippen LogP contribution >= 0.6 is 0 Å². The molecule has 15 heavy (non-hydrogen) atoms. The van der Waals surface area contributed by atoms with E-state index >= 15 is 0 Å². The lowest BCUT2D eigenvalue weighted by Gasteiger charge is -2.12. The van der Waals surface area contributed by atoms with E-state index in [1.165, 1.54) is 0 Å². The van der Waals surface area contributed by atoms with Gasteiger partial charge in [-0.1, -0.05) is 19.9 Å². The van der Waals surface area contributed by atoms with Crippen molar-refractivity contribution in [3.63, 3.8) is 0 Å². The molecule has 0 saturated heterocycles. The maximum absolute atomic E-state index is 4.31. The van der Waals surface area contributed by atoms with Crippen molar-refractivity contribution in [1.29, 1.82) is 0 Å². The molecule has 1 N–H and O–H groups in total. The van der Waals surface area contributed by atoms with Crippen LogP contribution in [0, 0.1) is 0 Å². The lowest BCUT2D eigenvalue weighted by Crippen LogP contribution is -2.04. The number of aromatic nitrogens is 2. The average Bonchev–Trinajstić information content (AvgIpc) is 2.29. The Morgan fingerprint density at radius 1 is 1.40 bits per heavy atom. The number of hydrogen-bond donors (Lipinski definition) is 1. The van der Waals surface area contributed by atoms with Crippen molar-refractivity contribution in [2.24, 2.45) is 0 Å². The fraction of sp³-hybridized carbons (Fsp3) is 0.500. The van der Waals surface area contributed by atoms with Crippen molar-refractivity contribution >= 4 is 5.82 Å². The Kier molecular flexibility index (Phi) is 4.81. The Morgan fingerprint density at radius 2 is 2.13 bits per heavy atom. The van der Waals surface area contributed by atoms with Crippen LogP contribution in [-0.2, 0) is 0 Å². The first-order valence-electron chi connectivity index (χ1n) is 5.48. The predicted molar refractivity (Wildman–Crippen MR) is 64.0 cm³/mol. The summed E-state index contributed by atoms with van der Waals surface area (Å²) in [6, 6.07) is 2.03. The number of nitrogens with one attached hydrogen (secondary N) is 1. The molecule has 0 aromatic carbocycles. The minimum atomic E-state index is 0.539. The molecular formula is C12H19N3. The quantitative estimate of drug-likeness (QED) is 0.725. The van der Waals surface area contributed by atoms with Gasteiger partial charge >= 0.3 is 0 Å². The highest BCUT2D eigenvalue weighted by molar-refractivity contribution is 5.36. The first-order chi connectivity index (χ1) is 7.31. The lowest BCUT2D eigenvalue weighted by molar-refractivity contribution is 0.621. The van der Waals surface area contributed by atoms with Gasteiger partial charge < -0.3 is 5.32 Å². The highest BCUT2D eigenvalue weighted by Crippen LogP contribution is 2.21. The Morgan fingerprint density at radius 3 is 2.73 bits per heavy atom. The zero-order chi connectivity index (χ0) is 11.1. The molecule has 1 aromatic rings. The molecule has 0 radical (unpaired) electrons. The molecule has 82 valence electrons. The Balaban J connectivity index is 2.76. The molecule has 0 aliphatic rings. The van der Waals surface area contributed by atoms with Gasteiger partial charge in [0.2, 0.25) is 0 Å². The van der Waals surface area contributed by atoms with Crippen LogP contribution in [0.15, 0.2) is 25.0 Å². The normalized spacial score (nSPS) is 10.3. The zero-order valence-corrected chi connectivity index (χ0v) is 9.53. The van der Waals surface area contributed by atoms with Crippen molar-refractivity contribution in [3.8, 4) is 0 Å². The third-order valence-corrected chi connectivity index (χ3v) is 2.52. The standard InChI is InChI=1S/C12H19N3/c1-4-7-13-12-8-11(14-9-15-12)10(5-2)6-3/h4,8-10H,1,5-7H2,2-3H3,(H,13,14,15). The predicted octanol–water partition coefficient (Wildman–Crippen LogP) is 2.98. The first kappa shape index (κ1) is 11.7. The molecule has 3 nitrogen and oxygen atoms in total. The molecule has 0 saturated carbocycles. The zero-order valence-electron chi connectivity index (χ0n) is 9.53. The summed E-state index contributed by atoms with van der Waals surface area (Å²) in [4.78, 5) is 8.47. The second-order valence-electron chi connectivity index (χ2n) is 3.51. The number of nitrogens with zero attached hydrogens (tertiary/aromatic N) is 2. The summed E-state index contributed by atoms with van der Waals surface area (Å²) in [6.07, 6.45) is 5.68. The van der Waals surface area contributed by atoms with Crippen LogP contribution in [0.1, 0.15) is 38.3 Å². The van der Waals surface area contributed by atoms with Crippen molar-refractivity contribution in [3.05, 3.63) is 30.7 Å². The largest absolute Gasteiger partial charge is 0.367 e. The van der Waals surface area contributed by atoms with Crippen LogP contribution in [0.25, 0.3) is 0 Å². The van der Waals surface area contributed by atoms with Gasteiger partial charge in [-0.3, -0.25) is 0 Å². The van der Waals surface area contributed by atoms with E-state index in [-0.39, 0.29) is 0 Å². The molecule has 1 aromatic heterocycles. The van der Waals surface area contributed by atoms with E-state index in [9.17, 15) is 0 Å². The minimum absolute atomic E-state index is 0.539. The van der Waals surface area contributed by atoms with Crippen LogP contribution in [0.4, 0.5) is 5.82 Å². The molecule has 1 rings (SSSR count). The van der Waals surface area contributed by atoms with E-state index in [1.54, 1.807) is 6.33 Å². The van der Waals surface area contributed by atoms with E-state index in [0.29, 0.717) is 5.92 Å². The summed E-state index contributed by atoms with van der Waals surface area (Å²) in [5.41, 5.74) is 1.13. The smallest absolute Gasteiger partial charge is 0.129 e. The van der Waals surface area contributed by atoms with Crippen LogP contribution in [0.2, 0.25) is 0 Å². The maximum atomic E-state index is 4.31. The van der Waals surface area contributed by atoms with Gasteiger partial charge in [-0.15, -0.1) is 6.58 Å². The highest BCUT2D eigenvalue weighted by atomic mass is 15.0. The topological polar surface area (TPSA) is 37.8 Å². The van der Waals surface area contributed by atoms with Gasteiger partial charge in [0.1, 0.15) is 12.1 Å². The summed E-state index contributed by atoms with van der Waals surface area (Å²) in [6.45, 7) is 8.77. The molecule has 0 amide bonds. The van der Waals surface area contributed by atoms with E-state index in [4.69, 9.17) is 0 Å². The van der Waals surface area contributed by atoms with Gasteiger partial charge in [0, 0.05) is 24.2 Å². The summed E-state index contributed by atoms with van der Waals surface area (Å²) in [5.74, 6) is 1.42. The molecular weight excluding hydrogens is 186 g/mol. The summed E-state index contributed by atoms with van der Waals surface area (Å²) in [5, 5.41) is 3.17. The Bertz CT molecular complexity index is 305. The van der Waals surface area contributed by atoms with Crippen molar-refractivity contribution in [2.75, 3.05) is 11.9 Å². The lowest BCUT2D eigenvalue weighted by atomic mass is 9.99. The molecule has 0 atom stereocenters. The van der Waals surface area contributed by atoms with Gasteiger partial charge in [0.05, 0.1) is 0 Å². The van der Waals surface area contributed by atoms with Gasteiger partial charge in [0.15, 0.2) is 0 Å². The van der Waals surface area contributed by atoms with Crippen LogP contribution in [0.3, 0.4) is 0 Å². The Labute approximate surface area is 91.7 Å². The number of rotatable bonds is 6. The minimum Gasteiger partial charge on any atom is -0.367 e. The van der Waals surface area contributed by atoms with Crippen LogP contribution < -0.4 is 5.32 Å². The van der Waals surface area contributed by atoms with Gasteiger partial charge in [-0.25, -0.2) is 9.97 Å². The van der Waals surface area contributed by atoms with Gasteiger partial charge in [-0.05, 0) is 12.8 Å². The van der Waals surface area contributed by atoms with Crippen molar-refractivity contribution in [1.82, 2.24) is 9.97 Å². The number of hydrogen-bond acceptors (Lipinski definition) is 3. The molecule has 0 unspecified atom stereocenters. The summed E-state index contributed by atoms with van der Waals surface area (Å²) in [7, 11) is 0. The molecule has 1 heterocycles. The molecule has 0 fully saturated rings. The summed E-state index contributed by atoms with van der Waals surface area (Å²) < 4.78 is 0. The first-order valence-corrected chi connectivity index (χ1v) is 5.48. The SMILES string of the molecule is C=CCNc1cc(C(CC)CC)ncn1. The third kappa shape index (κ3) is 3.35. The molecule has 3 heteroatoms. The van der Waals surface area contributed by atoms with E-state index < -0.39 is 0 Å². The fourth-order valence-corrected chi connectivity index (χ4v) is 1.58. The fourth-order valence-electron chi connectivity index (χ4n) is 1.58. The summed E-state index contributed by atoms with van der Waals surface area (Å²) >= 11 is 0. The van der Waals surface area contributed by atoms with Crippen molar-refractivity contribution < 1.29 is 0 Å². The van der Waals surface area contributed by atoms with Gasteiger partial charge in [-0.2, -0.15) is 0 Å². The maximum Gasteiger partial charge on any atom is 0.129 e. The van der Waals surface area contributed by atoms with Crippen LogP contribution in [-0.4, -0.2) is 16.5 Å². The number of anilines is 1. The molecule has 0 aliphatic carbocycles. The van der Waals surface area contributed by atoms with E-state index in [0.717, 1.165) is 30.9 Å².